The number of nitrogens with zero attached hydrogens (tertiary/aromatic N) is 3. The lowest BCUT2D eigenvalue weighted by Gasteiger charge is -2.28. The number of hydrogen-bond donors (Lipinski definition) is 0. The number of amides is 1. The molecule has 0 unspecified atom stereocenters. The zero-order valence-electron chi connectivity index (χ0n) is 18.0. The summed E-state index contributed by atoms with van der Waals surface area (Å²) in [5.41, 5.74) is 4.84. The molecular formula is C25H29N3O3. The molecule has 31 heavy (non-hydrogen) atoms. The number of carbonyl (C=O) groups is 2. The van der Waals surface area contributed by atoms with Crippen molar-refractivity contribution in [2.75, 3.05) is 13.7 Å². The maximum absolute atomic E-state index is 12.8. The number of hydrogen-bond acceptors (Lipinski definition) is 4. The molecule has 162 valence electrons. The average Bonchev–Trinajstić information content (AvgIpc) is 3.13. The van der Waals surface area contributed by atoms with Crippen molar-refractivity contribution in [1.29, 1.82) is 0 Å². The number of fused-ring (bicyclic) bond motifs is 3. The van der Waals surface area contributed by atoms with Crippen molar-refractivity contribution < 1.29 is 14.3 Å². The molecule has 0 radical (unpaired) electrons. The number of rotatable bonds is 8. The summed E-state index contributed by atoms with van der Waals surface area (Å²) in [7, 11) is 1.39. The van der Waals surface area contributed by atoms with Gasteiger partial charge in [-0.25, -0.2) is 4.98 Å². The summed E-state index contributed by atoms with van der Waals surface area (Å²) in [4.78, 5) is 30.7. The molecular weight excluding hydrogens is 390 g/mol. The number of aromatic nitrogens is 2. The third-order valence-electron chi connectivity index (χ3n) is 6.08. The molecule has 0 aliphatic carbocycles. The van der Waals surface area contributed by atoms with Crippen molar-refractivity contribution in [3.8, 4) is 0 Å². The van der Waals surface area contributed by atoms with E-state index in [9.17, 15) is 9.59 Å². The fraction of sp³-hybridized carbons (Fsp3) is 0.400. The third kappa shape index (κ3) is 4.79. The highest BCUT2D eigenvalue weighted by molar-refractivity contribution is 5.83. The van der Waals surface area contributed by atoms with Gasteiger partial charge in [-0.3, -0.25) is 9.59 Å². The van der Waals surface area contributed by atoms with Crippen molar-refractivity contribution in [1.82, 2.24) is 14.5 Å². The molecule has 0 saturated carbocycles. The number of esters is 1. The van der Waals surface area contributed by atoms with Crippen molar-refractivity contribution in [2.24, 2.45) is 0 Å². The van der Waals surface area contributed by atoms with E-state index < -0.39 is 0 Å². The largest absolute Gasteiger partial charge is 0.469 e. The number of benzene rings is 1. The fourth-order valence-corrected chi connectivity index (χ4v) is 4.41. The van der Waals surface area contributed by atoms with Gasteiger partial charge in [0.25, 0.3) is 0 Å². The molecule has 6 nitrogen and oxygen atoms in total. The summed E-state index contributed by atoms with van der Waals surface area (Å²) in [5, 5.41) is 1.20. The van der Waals surface area contributed by atoms with Crippen molar-refractivity contribution in [3.05, 3.63) is 65.5 Å². The summed E-state index contributed by atoms with van der Waals surface area (Å²) in [6.45, 7) is 2.19. The van der Waals surface area contributed by atoms with Crippen LogP contribution in [0.5, 0.6) is 0 Å². The summed E-state index contributed by atoms with van der Waals surface area (Å²) >= 11 is 0. The van der Waals surface area contributed by atoms with E-state index in [1.807, 2.05) is 23.2 Å². The van der Waals surface area contributed by atoms with E-state index >= 15 is 0 Å². The highest BCUT2D eigenvalue weighted by Crippen LogP contribution is 2.30. The van der Waals surface area contributed by atoms with Crippen LogP contribution >= 0.6 is 0 Å². The number of carbonyl (C=O) groups excluding carboxylic acids is 2. The van der Waals surface area contributed by atoms with Gasteiger partial charge in [-0.15, -0.1) is 0 Å². The molecule has 3 aromatic rings. The highest BCUT2D eigenvalue weighted by atomic mass is 16.5. The second-order valence-electron chi connectivity index (χ2n) is 8.04. The van der Waals surface area contributed by atoms with Crippen LogP contribution in [0.25, 0.3) is 11.0 Å². The lowest BCUT2D eigenvalue weighted by Crippen LogP contribution is -2.36. The van der Waals surface area contributed by atoms with Gasteiger partial charge in [0.15, 0.2) is 0 Å². The Morgan fingerprint density at radius 2 is 1.87 bits per heavy atom. The first kappa shape index (κ1) is 21.1. The lowest BCUT2D eigenvalue weighted by molar-refractivity contribution is -0.141. The van der Waals surface area contributed by atoms with E-state index in [-0.39, 0.29) is 11.9 Å². The van der Waals surface area contributed by atoms with E-state index in [0.717, 1.165) is 31.6 Å². The number of unbranched alkanes of at least 4 members (excludes halogenated alkanes) is 1. The van der Waals surface area contributed by atoms with Crippen LogP contribution < -0.4 is 0 Å². The van der Waals surface area contributed by atoms with Crippen molar-refractivity contribution in [3.63, 3.8) is 0 Å². The SMILES string of the molecule is COC(=O)CCCCC(=O)N1CCc2c(n(CCc3ccccc3)c3ncccc23)C1. The smallest absolute Gasteiger partial charge is 0.305 e. The molecule has 1 aliphatic rings. The second kappa shape index (κ2) is 9.77. The van der Waals surface area contributed by atoms with Crippen molar-refractivity contribution >= 4 is 22.9 Å². The number of methoxy groups -OCH3 is 1. The zero-order chi connectivity index (χ0) is 21.6. The molecule has 1 aliphatic heterocycles. The first-order valence-electron chi connectivity index (χ1n) is 11.0. The molecule has 4 rings (SSSR count). The first-order chi connectivity index (χ1) is 15.2. The van der Waals surface area contributed by atoms with Gasteiger partial charge in [0, 0.05) is 43.2 Å². The van der Waals surface area contributed by atoms with Crippen LogP contribution in [0.1, 0.15) is 42.5 Å². The minimum Gasteiger partial charge on any atom is -0.469 e. The molecule has 0 spiro atoms. The van der Waals surface area contributed by atoms with Gasteiger partial charge in [-0.05, 0) is 48.9 Å². The summed E-state index contributed by atoms with van der Waals surface area (Å²) < 4.78 is 6.97. The quantitative estimate of drug-likeness (QED) is 0.410. The monoisotopic (exact) mass is 419 g/mol. The summed E-state index contributed by atoms with van der Waals surface area (Å²) in [6, 6.07) is 14.6. The van der Waals surface area contributed by atoms with Crippen LogP contribution in [0.15, 0.2) is 48.7 Å². The predicted molar refractivity (Wildman–Crippen MR) is 119 cm³/mol. The molecule has 3 heterocycles. The Morgan fingerprint density at radius 3 is 2.68 bits per heavy atom. The minimum atomic E-state index is -0.217. The lowest BCUT2D eigenvalue weighted by atomic mass is 10.0. The Balaban J connectivity index is 1.48. The van der Waals surface area contributed by atoms with Gasteiger partial charge in [0.1, 0.15) is 5.65 Å². The van der Waals surface area contributed by atoms with Crippen LogP contribution in [-0.2, 0) is 40.3 Å². The van der Waals surface area contributed by atoms with Crippen LogP contribution in [0.2, 0.25) is 0 Å². The molecule has 0 saturated heterocycles. The number of ether oxygens (including phenoxy) is 1. The third-order valence-corrected chi connectivity index (χ3v) is 6.08. The van der Waals surface area contributed by atoms with Gasteiger partial charge in [-0.1, -0.05) is 30.3 Å². The second-order valence-corrected chi connectivity index (χ2v) is 8.04. The maximum atomic E-state index is 12.8. The Hall–Kier alpha value is -3.15. The van der Waals surface area contributed by atoms with Crippen LogP contribution in [0.4, 0.5) is 0 Å². The normalized spacial score (nSPS) is 13.3. The van der Waals surface area contributed by atoms with E-state index in [2.05, 4.69) is 44.6 Å². The molecule has 6 heteroatoms. The van der Waals surface area contributed by atoms with Crippen LogP contribution in [0.3, 0.4) is 0 Å². The molecule has 1 amide bonds. The Morgan fingerprint density at radius 1 is 1.06 bits per heavy atom. The standard InChI is InChI=1S/C25H29N3O3/c1-31-24(30)12-6-5-11-23(29)27-16-14-20-21-10-7-15-26-25(21)28(22(20)18-27)17-13-19-8-3-2-4-9-19/h2-4,7-10,15H,5-6,11-14,16-18H2,1H3. The van der Waals surface area contributed by atoms with E-state index in [4.69, 9.17) is 0 Å². The topological polar surface area (TPSA) is 64.4 Å². The highest BCUT2D eigenvalue weighted by Gasteiger charge is 2.26. The molecule has 0 bridgehead atoms. The van der Waals surface area contributed by atoms with Crippen LogP contribution in [-0.4, -0.2) is 40.0 Å². The van der Waals surface area contributed by atoms with Gasteiger partial charge in [0.2, 0.25) is 5.91 Å². The maximum Gasteiger partial charge on any atom is 0.305 e. The molecule has 0 N–H and O–H groups in total. The zero-order valence-corrected chi connectivity index (χ0v) is 18.0. The number of pyridine rings is 1. The van der Waals surface area contributed by atoms with Gasteiger partial charge in [0.05, 0.1) is 13.7 Å². The molecule has 1 aromatic carbocycles. The minimum absolute atomic E-state index is 0.156. The van der Waals surface area contributed by atoms with Gasteiger partial charge >= 0.3 is 5.97 Å². The average molecular weight is 420 g/mol. The van der Waals surface area contributed by atoms with Crippen LogP contribution in [0, 0.1) is 0 Å². The van der Waals surface area contributed by atoms with Gasteiger partial charge in [-0.2, -0.15) is 0 Å². The van der Waals surface area contributed by atoms with Gasteiger partial charge < -0.3 is 14.2 Å². The Labute approximate surface area is 182 Å². The summed E-state index contributed by atoms with van der Waals surface area (Å²) in [6.07, 6.45) is 5.84. The fourth-order valence-electron chi connectivity index (χ4n) is 4.41. The first-order valence-corrected chi connectivity index (χ1v) is 11.0. The Bertz CT molecular complexity index is 1060. The Kier molecular flexibility index (Phi) is 6.65. The molecule has 0 fully saturated rings. The molecule has 0 atom stereocenters. The predicted octanol–water partition coefficient (Wildman–Crippen LogP) is 3.90. The van der Waals surface area contributed by atoms with Crippen molar-refractivity contribution in [2.45, 2.75) is 51.6 Å². The van der Waals surface area contributed by atoms with E-state index in [0.29, 0.717) is 32.2 Å². The summed E-state index contributed by atoms with van der Waals surface area (Å²) in [5.74, 6) is -0.0613. The van der Waals surface area contributed by atoms with E-state index in [1.54, 1.807) is 0 Å². The molecule has 2 aromatic heterocycles. The number of aryl methyl sites for hydroxylation is 2. The van der Waals surface area contributed by atoms with E-state index in [1.165, 1.54) is 29.3 Å².